The highest BCUT2D eigenvalue weighted by Crippen LogP contribution is 2.32. The second kappa shape index (κ2) is 8.12. The van der Waals surface area contributed by atoms with Crippen molar-refractivity contribution in [2.24, 2.45) is 0 Å². The lowest BCUT2D eigenvalue weighted by Gasteiger charge is -2.13. The van der Waals surface area contributed by atoms with Crippen molar-refractivity contribution in [1.82, 2.24) is 14.5 Å². The lowest BCUT2D eigenvalue weighted by molar-refractivity contribution is 0.744. The summed E-state index contributed by atoms with van der Waals surface area (Å²) >= 11 is 0. The van der Waals surface area contributed by atoms with Crippen molar-refractivity contribution in [3.63, 3.8) is 0 Å². The highest BCUT2D eigenvalue weighted by atomic mass is 15.1. The molecule has 1 aliphatic heterocycles. The summed E-state index contributed by atoms with van der Waals surface area (Å²) in [4.78, 5) is 9.71. The lowest BCUT2D eigenvalue weighted by atomic mass is 10.0. The van der Waals surface area contributed by atoms with E-state index in [2.05, 4.69) is 66.2 Å². The Morgan fingerprint density at radius 2 is 1.66 bits per heavy atom. The molecule has 1 N–H and O–H groups in total. The SMILES string of the molecule is CCc1nc2c(C)cc(C)nc2n1Cc1ccc2c(c1)CCc1cc(CC#N)ccc1N2. The van der Waals surface area contributed by atoms with Crippen LogP contribution in [0.5, 0.6) is 0 Å². The van der Waals surface area contributed by atoms with E-state index in [1.165, 1.54) is 22.3 Å². The van der Waals surface area contributed by atoms with Crippen LogP contribution in [0.3, 0.4) is 0 Å². The van der Waals surface area contributed by atoms with E-state index in [1.54, 1.807) is 0 Å². The predicted molar refractivity (Wildman–Crippen MR) is 128 cm³/mol. The number of pyridine rings is 1. The van der Waals surface area contributed by atoms with Crippen molar-refractivity contribution in [3.8, 4) is 6.07 Å². The summed E-state index contributed by atoms with van der Waals surface area (Å²) in [5, 5.41) is 12.6. The third kappa shape index (κ3) is 3.62. The van der Waals surface area contributed by atoms with Gasteiger partial charge >= 0.3 is 0 Å². The molecular weight excluding hydrogens is 394 g/mol. The number of aromatic nitrogens is 3. The van der Waals surface area contributed by atoms with Crippen molar-refractivity contribution in [2.75, 3.05) is 5.32 Å². The van der Waals surface area contributed by atoms with Gasteiger partial charge in [0.1, 0.15) is 11.3 Å². The monoisotopic (exact) mass is 421 g/mol. The number of hydrogen-bond acceptors (Lipinski definition) is 4. The molecule has 2 aromatic carbocycles. The molecule has 0 saturated carbocycles. The van der Waals surface area contributed by atoms with Crippen LogP contribution < -0.4 is 5.32 Å². The Kier molecular flexibility index (Phi) is 5.14. The van der Waals surface area contributed by atoms with Crippen LogP contribution >= 0.6 is 0 Å². The largest absolute Gasteiger partial charge is 0.355 e. The van der Waals surface area contributed by atoms with Gasteiger partial charge in [0.25, 0.3) is 0 Å². The van der Waals surface area contributed by atoms with Crippen LogP contribution in [-0.4, -0.2) is 14.5 Å². The van der Waals surface area contributed by atoms with Crippen LogP contribution in [0.4, 0.5) is 11.4 Å². The van der Waals surface area contributed by atoms with Crippen LogP contribution in [0.1, 0.15) is 46.3 Å². The van der Waals surface area contributed by atoms with Crippen molar-refractivity contribution in [3.05, 3.63) is 81.8 Å². The average Bonchev–Trinajstić information content (AvgIpc) is 3.01. The molecule has 0 amide bonds. The zero-order chi connectivity index (χ0) is 22.2. The molecule has 0 bridgehead atoms. The maximum Gasteiger partial charge on any atom is 0.160 e. The number of nitrogens with zero attached hydrogens (tertiary/aromatic N) is 4. The van der Waals surface area contributed by atoms with Crippen LogP contribution in [-0.2, 0) is 32.2 Å². The number of imidazole rings is 1. The number of benzene rings is 2. The number of fused-ring (bicyclic) bond motifs is 3. The molecule has 0 spiro atoms. The van der Waals surface area contributed by atoms with Crippen LogP contribution in [0, 0.1) is 25.2 Å². The summed E-state index contributed by atoms with van der Waals surface area (Å²) in [6.45, 7) is 7.07. The third-order valence-electron chi connectivity index (χ3n) is 6.31. The van der Waals surface area contributed by atoms with Gasteiger partial charge in [0.2, 0.25) is 0 Å². The fourth-order valence-corrected chi connectivity index (χ4v) is 4.73. The number of rotatable bonds is 4. The molecule has 4 aromatic rings. The molecule has 0 aliphatic carbocycles. The van der Waals surface area contributed by atoms with Crippen LogP contribution in [0.2, 0.25) is 0 Å². The molecule has 0 unspecified atom stereocenters. The van der Waals surface area contributed by atoms with E-state index < -0.39 is 0 Å². The van der Waals surface area contributed by atoms with Crippen molar-refractivity contribution in [1.29, 1.82) is 5.26 Å². The van der Waals surface area contributed by atoms with E-state index >= 15 is 0 Å². The first kappa shape index (κ1) is 20.3. The number of nitrogens with one attached hydrogen (secondary N) is 1. The van der Waals surface area contributed by atoms with Crippen molar-refractivity contribution < 1.29 is 0 Å². The second-order valence-corrected chi connectivity index (χ2v) is 8.66. The molecule has 32 heavy (non-hydrogen) atoms. The van der Waals surface area contributed by atoms with Crippen LogP contribution in [0.25, 0.3) is 11.2 Å². The van der Waals surface area contributed by atoms with E-state index in [9.17, 15) is 0 Å². The molecule has 5 heteroatoms. The Labute approximate surface area is 188 Å². The van der Waals surface area contributed by atoms with Crippen molar-refractivity contribution in [2.45, 2.75) is 53.0 Å². The van der Waals surface area contributed by atoms with Gasteiger partial charge in [-0.15, -0.1) is 0 Å². The molecule has 0 atom stereocenters. The molecule has 5 nitrogen and oxygen atoms in total. The van der Waals surface area contributed by atoms with Gasteiger partial charge in [0.05, 0.1) is 19.0 Å². The van der Waals surface area contributed by atoms with E-state index in [-0.39, 0.29) is 0 Å². The standard InChI is InChI=1S/C27H27N5/c1-4-25-31-26-17(2)13-18(3)29-27(26)32(25)16-20-6-10-24-22(15-20)8-7-21-14-19(11-12-28)5-9-23(21)30-24/h5-6,9-10,13-15,30H,4,7-8,11,16H2,1-3H3. The highest BCUT2D eigenvalue weighted by Gasteiger charge is 2.16. The molecule has 0 radical (unpaired) electrons. The Morgan fingerprint density at radius 3 is 2.34 bits per heavy atom. The lowest BCUT2D eigenvalue weighted by Crippen LogP contribution is -2.06. The Morgan fingerprint density at radius 1 is 0.969 bits per heavy atom. The summed E-state index contributed by atoms with van der Waals surface area (Å²) in [7, 11) is 0. The maximum atomic E-state index is 9.01. The molecule has 3 heterocycles. The summed E-state index contributed by atoms with van der Waals surface area (Å²) in [5.74, 6) is 1.08. The fourth-order valence-electron chi connectivity index (χ4n) is 4.73. The molecule has 1 aliphatic rings. The quantitative estimate of drug-likeness (QED) is 0.468. The van der Waals surface area contributed by atoms with Gasteiger partial charge in [-0.1, -0.05) is 31.2 Å². The second-order valence-electron chi connectivity index (χ2n) is 8.66. The van der Waals surface area contributed by atoms with Gasteiger partial charge in [-0.05, 0) is 72.7 Å². The number of anilines is 2. The van der Waals surface area contributed by atoms with Gasteiger partial charge in [-0.3, -0.25) is 0 Å². The van der Waals surface area contributed by atoms with Crippen molar-refractivity contribution >= 4 is 22.5 Å². The average molecular weight is 422 g/mol. The maximum absolute atomic E-state index is 9.01. The van der Waals surface area contributed by atoms with E-state index in [0.29, 0.717) is 6.42 Å². The van der Waals surface area contributed by atoms with Gasteiger partial charge in [-0.2, -0.15) is 5.26 Å². The van der Waals surface area contributed by atoms with E-state index in [4.69, 9.17) is 15.2 Å². The number of hydrogen-bond donors (Lipinski definition) is 1. The minimum atomic E-state index is 0.454. The smallest absolute Gasteiger partial charge is 0.160 e. The van der Waals surface area contributed by atoms with E-state index in [0.717, 1.165) is 65.4 Å². The van der Waals surface area contributed by atoms with Gasteiger partial charge < -0.3 is 9.88 Å². The van der Waals surface area contributed by atoms with Gasteiger partial charge in [0, 0.05) is 23.5 Å². The molecule has 0 fully saturated rings. The summed E-state index contributed by atoms with van der Waals surface area (Å²) in [6, 6.07) is 17.4. The highest BCUT2D eigenvalue weighted by molar-refractivity contribution is 5.76. The zero-order valence-electron chi connectivity index (χ0n) is 18.9. The van der Waals surface area contributed by atoms with Gasteiger partial charge in [-0.25, -0.2) is 9.97 Å². The fraction of sp³-hybridized carbons (Fsp3) is 0.296. The topological polar surface area (TPSA) is 66.5 Å². The Hall–Kier alpha value is -3.65. The van der Waals surface area contributed by atoms with Gasteiger partial charge in [0.15, 0.2) is 5.65 Å². The predicted octanol–water partition coefficient (Wildman–Crippen LogP) is 5.57. The Bertz CT molecular complexity index is 1370. The van der Waals surface area contributed by atoms with Crippen LogP contribution in [0.15, 0.2) is 42.5 Å². The normalized spacial score (nSPS) is 12.6. The molecular formula is C27H27N5. The molecule has 160 valence electrons. The molecule has 0 saturated heterocycles. The third-order valence-corrected chi connectivity index (χ3v) is 6.31. The summed E-state index contributed by atoms with van der Waals surface area (Å²) in [6.07, 6.45) is 3.27. The van der Waals surface area contributed by atoms with E-state index in [1.807, 2.05) is 13.0 Å². The Balaban J connectivity index is 1.48. The number of nitriles is 1. The molecule has 2 aromatic heterocycles. The first-order valence-electron chi connectivity index (χ1n) is 11.3. The minimum Gasteiger partial charge on any atom is -0.355 e. The summed E-state index contributed by atoms with van der Waals surface area (Å²) < 4.78 is 2.27. The first-order valence-corrected chi connectivity index (χ1v) is 11.3. The summed E-state index contributed by atoms with van der Waals surface area (Å²) in [5.41, 5.74) is 11.4. The minimum absolute atomic E-state index is 0.454. The zero-order valence-corrected chi connectivity index (χ0v) is 18.9. The molecule has 5 rings (SSSR count). The number of aryl methyl sites for hydroxylation is 5. The first-order chi connectivity index (χ1) is 15.6.